The zero-order valence-corrected chi connectivity index (χ0v) is 20.7. The molecule has 1 aliphatic heterocycles. The largest absolute Gasteiger partial charge is 0.496 e. The van der Waals surface area contributed by atoms with E-state index in [4.69, 9.17) is 4.74 Å². The van der Waals surface area contributed by atoms with Crippen LogP contribution in [0.1, 0.15) is 36.2 Å². The van der Waals surface area contributed by atoms with Crippen molar-refractivity contribution in [3.63, 3.8) is 0 Å². The van der Waals surface area contributed by atoms with Gasteiger partial charge in [-0.2, -0.15) is 5.10 Å². The van der Waals surface area contributed by atoms with Crippen LogP contribution in [-0.2, 0) is 4.79 Å². The van der Waals surface area contributed by atoms with Crippen molar-refractivity contribution in [1.82, 2.24) is 25.0 Å². The molecule has 0 spiro atoms. The first-order chi connectivity index (χ1) is 18.2. The van der Waals surface area contributed by atoms with Crippen molar-refractivity contribution >= 4 is 11.9 Å². The number of rotatable bonds is 10. The normalized spacial score (nSPS) is 16.1. The Morgan fingerprint density at radius 3 is 2.74 bits per heavy atom. The highest BCUT2D eigenvalue weighted by Gasteiger charge is 2.35. The van der Waals surface area contributed by atoms with Crippen LogP contribution >= 0.6 is 0 Å². The van der Waals surface area contributed by atoms with E-state index in [1.807, 2.05) is 0 Å². The fourth-order valence-electron chi connectivity index (χ4n) is 4.52. The van der Waals surface area contributed by atoms with Gasteiger partial charge in [-0.3, -0.25) is 14.5 Å². The molecule has 2 N–H and O–H groups in total. The van der Waals surface area contributed by atoms with Gasteiger partial charge in [0.25, 0.3) is 11.8 Å². The summed E-state index contributed by atoms with van der Waals surface area (Å²) in [6.07, 6.45) is 1.45. The van der Waals surface area contributed by atoms with Crippen molar-refractivity contribution in [2.45, 2.75) is 37.6 Å². The summed E-state index contributed by atoms with van der Waals surface area (Å²) < 4.78 is 49.1. The van der Waals surface area contributed by atoms with Crippen LogP contribution in [0.3, 0.4) is 0 Å². The monoisotopic (exact) mass is 531 g/mol. The highest BCUT2D eigenvalue weighted by molar-refractivity contribution is 5.94. The number of likely N-dealkylation sites (tertiary alicyclic amines) is 1. The summed E-state index contributed by atoms with van der Waals surface area (Å²) in [5.41, 5.74) is 0.172. The predicted molar refractivity (Wildman–Crippen MR) is 132 cm³/mol. The molecular formula is C26H28F3N5O4. The Kier molecular flexibility index (Phi) is 8.30. The van der Waals surface area contributed by atoms with Gasteiger partial charge in [0.15, 0.2) is 11.5 Å². The minimum absolute atomic E-state index is 0.0697. The van der Waals surface area contributed by atoms with Crippen LogP contribution < -0.4 is 10.1 Å². The van der Waals surface area contributed by atoms with Crippen molar-refractivity contribution in [2.75, 3.05) is 26.7 Å². The maximum absolute atomic E-state index is 14.9. The van der Waals surface area contributed by atoms with E-state index in [0.29, 0.717) is 18.8 Å². The summed E-state index contributed by atoms with van der Waals surface area (Å²) in [6, 6.07) is 9.88. The average molecular weight is 532 g/mol. The summed E-state index contributed by atoms with van der Waals surface area (Å²) in [5, 5.41) is 16.3. The predicted octanol–water partition coefficient (Wildman–Crippen LogP) is 3.78. The molecule has 2 aromatic heterocycles. The Hall–Kier alpha value is -3.93. The molecule has 1 atom stereocenters. The lowest BCUT2D eigenvalue weighted by Gasteiger charge is -2.33. The van der Waals surface area contributed by atoms with Crippen molar-refractivity contribution in [3.8, 4) is 22.8 Å². The molecule has 0 saturated carbocycles. The number of amides is 1. The van der Waals surface area contributed by atoms with Gasteiger partial charge >= 0.3 is 5.97 Å². The number of nitrogens with one attached hydrogen (secondary N) is 1. The first kappa shape index (κ1) is 27.1. The van der Waals surface area contributed by atoms with Gasteiger partial charge in [0.05, 0.1) is 31.3 Å². The maximum atomic E-state index is 14.9. The molecule has 1 aromatic carbocycles. The van der Waals surface area contributed by atoms with Crippen LogP contribution in [0.15, 0.2) is 48.7 Å². The topological polar surface area (TPSA) is 110 Å². The lowest BCUT2D eigenvalue weighted by Crippen LogP contribution is -2.45. The van der Waals surface area contributed by atoms with Crippen LogP contribution in [0.4, 0.5) is 13.2 Å². The van der Waals surface area contributed by atoms with E-state index in [-0.39, 0.29) is 42.1 Å². The van der Waals surface area contributed by atoms with Gasteiger partial charge in [-0.15, -0.1) is 0 Å². The SMILES string of the molecule is COc1cccc(F)c1-c1cc(C(=O)NC(CCN2CCCC(F)(F)C2)CC(=O)O)nn1-c1ccccn1. The highest BCUT2D eigenvalue weighted by Crippen LogP contribution is 2.34. The number of alkyl halides is 2. The van der Waals surface area contributed by atoms with Crippen molar-refractivity contribution < 1.29 is 32.6 Å². The number of nitrogens with zero attached hydrogens (tertiary/aromatic N) is 4. The second-order valence-electron chi connectivity index (χ2n) is 9.12. The average Bonchev–Trinajstić information content (AvgIpc) is 3.32. The van der Waals surface area contributed by atoms with Gasteiger partial charge in [-0.1, -0.05) is 12.1 Å². The number of benzene rings is 1. The number of halogens is 3. The first-order valence-electron chi connectivity index (χ1n) is 12.1. The number of hydrogen-bond acceptors (Lipinski definition) is 6. The standard InChI is InChI=1S/C26H28F3N5O4/c1-38-21-7-4-6-18(27)24(21)20-15-19(32-34(20)22-8-2-3-11-30-22)25(37)31-17(14-23(35)36)9-13-33-12-5-10-26(28,29)16-33/h2-4,6-8,11,15,17H,5,9-10,12-14,16H2,1H3,(H,31,37)(H,35,36). The maximum Gasteiger partial charge on any atom is 0.305 e. The van der Waals surface area contributed by atoms with Gasteiger partial charge in [0.1, 0.15) is 11.6 Å². The lowest BCUT2D eigenvalue weighted by atomic mass is 10.1. The molecule has 38 heavy (non-hydrogen) atoms. The number of hydrogen-bond donors (Lipinski definition) is 2. The Morgan fingerprint density at radius 1 is 1.24 bits per heavy atom. The quantitative estimate of drug-likeness (QED) is 0.410. The molecule has 1 fully saturated rings. The van der Waals surface area contributed by atoms with Crippen LogP contribution in [0.5, 0.6) is 5.75 Å². The number of aromatic nitrogens is 3. The highest BCUT2D eigenvalue weighted by atomic mass is 19.3. The molecular weight excluding hydrogens is 503 g/mol. The lowest BCUT2D eigenvalue weighted by molar-refractivity contribution is -0.137. The van der Waals surface area contributed by atoms with Crippen LogP contribution in [0.25, 0.3) is 17.1 Å². The minimum atomic E-state index is -2.79. The number of carboxylic acid groups (broad SMARTS) is 1. The molecule has 0 radical (unpaired) electrons. The Labute approximate surface area is 217 Å². The van der Waals surface area contributed by atoms with Crippen LogP contribution in [-0.4, -0.2) is 75.4 Å². The molecule has 3 heterocycles. The van der Waals surface area contributed by atoms with E-state index in [2.05, 4.69) is 15.4 Å². The van der Waals surface area contributed by atoms with Gasteiger partial charge < -0.3 is 15.2 Å². The van der Waals surface area contributed by atoms with E-state index in [1.165, 1.54) is 36.2 Å². The molecule has 1 aliphatic rings. The summed E-state index contributed by atoms with van der Waals surface area (Å²) in [7, 11) is 1.39. The molecule has 1 saturated heterocycles. The third kappa shape index (κ3) is 6.49. The smallest absolute Gasteiger partial charge is 0.305 e. The minimum Gasteiger partial charge on any atom is -0.496 e. The first-order valence-corrected chi connectivity index (χ1v) is 12.1. The molecule has 0 bridgehead atoms. The Bertz CT molecular complexity index is 1290. The second kappa shape index (κ2) is 11.6. The molecule has 1 unspecified atom stereocenters. The zero-order valence-electron chi connectivity index (χ0n) is 20.7. The van der Waals surface area contributed by atoms with Crippen LogP contribution in [0, 0.1) is 5.82 Å². The molecule has 12 heteroatoms. The number of carbonyl (C=O) groups is 2. The van der Waals surface area contributed by atoms with Gasteiger partial charge in [-0.05, 0) is 49.7 Å². The molecule has 4 rings (SSSR count). The van der Waals surface area contributed by atoms with Crippen molar-refractivity contribution in [1.29, 1.82) is 0 Å². The molecule has 0 aliphatic carbocycles. The molecule has 1 amide bonds. The van der Waals surface area contributed by atoms with Gasteiger partial charge in [-0.25, -0.2) is 22.8 Å². The van der Waals surface area contributed by atoms with Gasteiger partial charge in [0, 0.05) is 25.2 Å². The number of ether oxygens (including phenoxy) is 1. The van der Waals surface area contributed by atoms with E-state index in [1.54, 1.807) is 29.2 Å². The summed E-state index contributed by atoms with van der Waals surface area (Å²) in [4.78, 5) is 30.5. The number of methoxy groups -OCH3 is 1. The fourth-order valence-corrected chi connectivity index (χ4v) is 4.52. The van der Waals surface area contributed by atoms with Crippen molar-refractivity contribution in [3.05, 3.63) is 60.2 Å². The van der Waals surface area contributed by atoms with E-state index >= 15 is 0 Å². The molecule has 9 nitrogen and oxygen atoms in total. The number of carboxylic acids is 1. The van der Waals surface area contributed by atoms with Crippen LogP contribution in [0.2, 0.25) is 0 Å². The van der Waals surface area contributed by atoms with Crippen molar-refractivity contribution in [2.24, 2.45) is 0 Å². The summed E-state index contributed by atoms with van der Waals surface area (Å²) in [6.45, 7) is 0.280. The number of pyridine rings is 1. The Morgan fingerprint density at radius 2 is 2.05 bits per heavy atom. The summed E-state index contributed by atoms with van der Waals surface area (Å²) in [5.74, 6) is -4.68. The second-order valence-corrected chi connectivity index (χ2v) is 9.12. The third-order valence-corrected chi connectivity index (χ3v) is 6.28. The third-order valence-electron chi connectivity index (χ3n) is 6.28. The molecule has 3 aromatic rings. The van der Waals surface area contributed by atoms with Gasteiger partial charge in [0.2, 0.25) is 0 Å². The van der Waals surface area contributed by atoms with E-state index < -0.39 is 42.6 Å². The van der Waals surface area contributed by atoms with E-state index in [0.717, 1.165) is 0 Å². The summed E-state index contributed by atoms with van der Waals surface area (Å²) >= 11 is 0. The number of piperidine rings is 1. The Balaban J connectivity index is 1.60. The fraction of sp³-hybridized carbons (Fsp3) is 0.385. The number of carbonyl (C=O) groups excluding carboxylic acids is 1. The van der Waals surface area contributed by atoms with E-state index in [9.17, 15) is 27.9 Å². The molecule has 202 valence electrons. The zero-order chi connectivity index (χ0) is 27.3. The number of aliphatic carboxylic acids is 1.